The fourth-order valence-electron chi connectivity index (χ4n) is 4.90. The van der Waals surface area contributed by atoms with E-state index in [9.17, 15) is 34.1 Å². The smallest absolute Gasteiger partial charge is 0.493 e. The first-order chi connectivity index (χ1) is 26.7. The fourth-order valence-corrected chi connectivity index (χ4v) is 4.90. The second-order valence-corrected chi connectivity index (χ2v) is 13.3. The van der Waals surface area contributed by atoms with E-state index >= 15 is 0 Å². The molecule has 3 aromatic rings. The largest absolute Gasteiger partial charge is 0.514 e. The Labute approximate surface area is 324 Å². The summed E-state index contributed by atoms with van der Waals surface area (Å²) >= 11 is 0. The standard InChI is InChI=1S/C39H48N4O13/c1-6-12-34(44)41-24-33(55-38(48)53-29-19-17-28(18-20-29)43(49)50)27-16-21-31(32(23-27)51-5)54-35(45)30(15-10-11-22-40-36(46)56-39(2,3)4)42-37(47)52-25-26-13-8-7-9-14-26/h7-9,13-14,16-21,23,30,33H,6,10-12,15,22,24-25H2,1-5H3,(H,40,46)(H,41,44)(H,42,47). The number of alkyl carbamates (subject to hydrolysis) is 2. The number of unbranched alkanes of at least 4 members (excludes halogenated alkanes) is 1. The van der Waals surface area contributed by atoms with Crippen LogP contribution in [0.4, 0.5) is 20.1 Å². The van der Waals surface area contributed by atoms with E-state index in [1.807, 2.05) is 13.0 Å². The normalized spacial score (nSPS) is 11.9. The zero-order valence-corrected chi connectivity index (χ0v) is 32.0. The summed E-state index contributed by atoms with van der Waals surface area (Å²) in [6.07, 6.45) is -1.92. The number of ether oxygens (including phenoxy) is 6. The van der Waals surface area contributed by atoms with Crippen molar-refractivity contribution in [2.24, 2.45) is 0 Å². The molecule has 3 amide bonds. The molecule has 17 heteroatoms. The van der Waals surface area contributed by atoms with E-state index in [4.69, 9.17) is 28.4 Å². The van der Waals surface area contributed by atoms with Gasteiger partial charge >= 0.3 is 24.3 Å². The van der Waals surface area contributed by atoms with Crippen molar-refractivity contribution in [2.75, 3.05) is 20.2 Å². The van der Waals surface area contributed by atoms with Crippen LogP contribution < -0.4 is 30.2 Å². The Hall–Kier alpha value is -6.39. The Morgan fingerprint density at radius 2 is 1.57 bits per heavy atom. The minimum atomic E-state index is -1.16. The molecule has 3 rings (SSSR count). The highest BCUT2D eigenvalue weighted by molar-refractivity contribution is 5.83. The third kappa shape index (κ3) is 15.9. The first kappa shape index (κ1) is 44.0. The molecule has 0 aliphatic heterocycles. The second kappa shape index (κ2) is 22.1. The number of nitrogens with zero attached hydrogens (tertiary/aromatic N) is 1. The van der Waals surface area contributed by atoms with E-state index < -0.39 is 47.0 Å². The lowest BCUT2D eigenvalue weighted by Gasteiger charge is -2.21. The van der Waals surface area contributed by atoms with E-state index in [1.165, 1.54) is 37.4 Å². The SMILES string of the molecule is CCCC(=O)NCC(OC(=O)Oc1ccc([N+](=O)[O-])cc1)c1ccc(OC(=O)C(CCCCNC(=O)OC(C)(C)C)NC(=O)OCc2ccccc2)c(OC)c1. The highest BCUT2D eigenvalue weighted by Crippen LogP contribution is 2.32. The number of methoxy groups -OCH3 is 1. The third-order valence-corrected chi connectivity index (χ3v) is 7.60. The van der Waals surface area contributed by atoms with Crippen molar-refractivity contribution >= 4 is 35.9 Å². The Balaban J connectivity index is 1.75. The van der Waals surface area contributed by atoms with Crippen molar-refractivity contribution in [3.8, 4) is 17.2 Å². The maximum Gasteiger partial charge on any atom is 0.514 e. The van der Waals surface area contributed by atoms with Gasteiger partial charge in [0.15, 0.2) is 11.5 Å². The number of amides is 3. The van der Waals surface area contributed by atoms with Gasteiger partial charge in [-0.25, -0.2) is 19.2 Å². The Kier molecular flexibility index (Phi) is 17.4. The van der Waals surface area contributed by atoms with Crippen LogP contribution >= 0.6 is 0 Å². The summed E-state index contributed by atoms with van der Waals surface area (Å²) < 4.78 is 32.5. The van der Waals surface area contributed by atoms with Gasteiger partial charge in [0.05, 0.1) is 18.6 Å². The van der Waals surface area contributed by atoms with Gasteiger partial charge in [-0.1, -0.05) is 43.3 Å². The third-order valence-electron chi connectivity index (χ3n) is 7.60. The lowest BCUT2D eigenvalue weighted by atomic mass is 10.1. The minimum absolute atomic E-state index is 0.0133. The number of non-ortho nitro benzene ring substituents is 1. The van der Waals surface area contributed by atoms with Crippen LogP contribution in [0.5, 0.6) is 17.2 Å². The lowest BCUT2D eigenvalue weighted by Crippen LogP contribution is -2.43. The summed E-state index contributed by atoms with van der Waals surface area (Å²) in [5.74, 6) is -1.11. The lowest BCUT2D eigenvalue weighted by molar-refractivity contribution is -0.384. The molecule has 2 unspecified atom stereocenters. The fraction of sp³-hybridized carbons (Fsp3) is 0.410. The molecule has 0 saturated heterocycles. The Bertz CT molecular complexity index is 1780. The molecule has 3 N–H and O–H groups in total. The van der Waals surface area contributed by atoms with Gasteiger partial charge in [0.1, 0.15) is 30.1 Å². The number of hydrogen-bond donors (Lipinski definition) is 3. The van der Waals surface area contributed by atoms with Crippen molar-refractivity contribution in [1.82, 2.24) is 16.0 Å². The van der Waals surface area contributed by atoms with Gasteiger partial charge in [-0.3, -0.25) is 14.9 Å². The van der Waals surface area contributed by atoms with Crippen LogP contribution in [0.25, 0.3) is 0 Å². The average Bonchev–Trinajstić information content (AvgIpc) is 3.15. The van der Waals surface area contributed by atoms with Gasteiger partial charge in [-0.15, -0.1) is 0 Å². The Morgan fingerprint density at radius 3 is 2.21 bits per heavy atom. The average molecular weight is 781 g/mol. The molecule has 17 nitrogen and oxygen atoms in total. The first-order valence-corrected chi connectivity index (χ1v) is 17.9. The predicted molar refractivity (Wildman–Crippen MR) is 201 cm³/mol. The number of carbonyl (C=O) groups is 5. The number of nitro benzene ring substituents is 1. The molecule has 3 aromatic carbocycles. The topological polar surface area (TPSA) is 220 Å². The number of nitro groups is 1. The van der Waals surface area contributed by atoms with E-state index in [-0.39, 0.29) is 61.4 Å². The van der Waals surface area contributed by atoms with Crippen LogP contribution in [-0.4, -0.2) is 67.0 Å². The number of benzene rings is 3. The van der Waals surface area contributed by atoms with Gasteiger partial charge in [-0.05, 0) is 81.8 Å². The van der Waals surface area contributed by atoms with Gasteiger partial charge in [-0.2, -0.15) is 0 Å². The summed E-state index contributed by atoms with van der Waals surface area (Å²) in [6, 6.07) is 16.9. The molecule has 0 fully saturated rings. The summed E-state index contributed by atoms with van der Waals surface area (Å²) in [6.45, 7) is 7.14. The van der Waals surface area contributed by atoms with E-state index in [0.717, 1.165) is 17.7 Å². The zero-order valence-electron chi connectivity index (χ0n) is 32.0. The maximum absolute atomic E-state index is 13.5. The number of hydrogen-bond acceptors (Lipinski definition) is 13. The Morgan fingerprint density at radius 1 is 0.857 bits per heavy atom. The monoisotopic (exact) mass is 780 g/mol. The van der Waals surface area contributed by atoms with Crippen LogP contribution in [0.1, 0.15) is 77.0 Å². The van der Waals surface area contributed by atoms with Gasteiger partial charge in [0.2, 0.25) is 5.91 Å². The summed E-state index contributed by atoms with van der Waals surface area (Å²) in [5, 5.41) is 18.9. The van der Waals surface area contributed by atoms with Gasteiger partial charge < -0.3 is 44.4 Å². The van der Waals surface area contributed by atoms with Crippen LogP contribution in [0.15, 0.2) is 72.8 Å². The van der Waals surface area contributed by atoms with Crippen molar-refractivity contribution in [2.45, 2.75) is 84.2 Å². The summed E-state index contributed by atoms with van der Waals surface area (Å²) in [4.78, 5) is 73.8. The number of esters is 1. The second-order valence-electron chi connectivity index (χ2n) is 13.3. The van der Waals surface area contributed by atoms with Crippen LogP contribution in [-0.2, 0) is 30.4 Å². The maximum atomic E-state index is 13.5. The molecule has 0 spiro atoms. The number of nitrogens with one attached hydrogen (secondary N) is 3. The number of rotatable bonds is 19. The summed E-state index contributed by atoms with van der Waals surface area (Å²) in [5.41, 5.74) is 0.208. The highest BCUT2D eigenvalue weighted by atomic mass is 16.7. The molecule has 0 saturated carbocycles. The van der Waals surface area contributed by atoms with Crippen molar-refractivity contribution in [1.29, 1.82) is 0 Å². The molecule has 0 heterocycles. The van der Waals surface area contributed by atoms with Gasteiger partial charge in [0.25, 0.3) is 5.69 Å². The molecule has 0 aliphatic carbocycles. The molecule has 0 bridgehead atoms. The highest BCUT2D eigenvalue weighted by Gasteiger charge is 2.27. The molecule has 0 aromatic heterocycles. The van der Waals surface area contributed by atoms with Crippen molar-refractivity contribution < 1.29 is 57.3 Å². The van der Waals surface area contributed by atoms with Crippen LogP contribution in [0.3, 0.4) is 0 Å². The molecular weight excluding hydrogens is 732 g/mol. The van der Waals surface area contributed by atoms with Crippen LogP contribution in [0.2, 0.25) is 0 Å². The molecular formula is C39H48N4O13. The number of carbonyl (C=O) groups excluding carboxylic acids is 5. The quantitative estimate of drug-likeness (QED) is 0.0220. The van der Waals surface area contributed by atoms with Gasteiger partial charge in [0, 0.05) is 25.1 Å². The van der Waals surface area contributed by atoms with Crippen molar-refractivity contribution in [3.63, 3.8) is 0 Å². The van der Waals surface area contributed by atoms with E-state index in [0.29, 0.717) is 24.8 Å². The minimum Gasteiger partial charge on any atom is -0.493 e. The van der Waals surface area contributed by atoms with Crippen LogP contribution in [0, 0.1) is 10.1 Å². The molecule has 56 heavy (non-hydrogen) atoms. The molecule has 302 valence electrons. The molecule has 2 atom stereocenters. The van der Waals surface area contributed by atoms with Crippen molar-refractivity contribution in [3.05, 3.63) is 94.0 Å². The molecule has 0 radical (unpaired) electrons. The zero-order chi connectivity index (χ0) is 41.1. The first-order valence-electron chi connectivity index (χ1n) is 17.9. The molecule has 0 aliphatic rings. The van der Waals surface area contributed by atoms with E-state index in [2.05, 4.69) is 16.0 Å². The van der Waals surface area contributed by atoms with E-state index in [1.54, 1.807) is 45.0 Å². The summed E-state index contributed by atoms with van der Waals surface area (Å²) in [7, 11) is 1.33. The predicted octanol–water partition coefficient (Wildman–Crippen LogP) is 6.67.